The zero-order valence-corrected chi connectivity index (χ0v) is 14.4. The predicted octanol–water partition coefficient (Wildman–Crippen LogP) is 4.86. The van der Waals surface area contributed by atoms with Crippen LogP contribution in [0.5, 0.6) is 0 Å². The molecule has 0 spiro atoms. The molecule has 0 bridgehead atoms. The minimum Gasteiger partial charge on any atom is -0.308 e. The SMILES string of the molecule is CCCCCCCCCCCc1nnc(CNC2CC2)s1. The highest BCUT2D eigenvalue weighted by Gasteiger charge is 2.20. The zero-order chi connectivity index (χ0) is 14.8. The number of aryl methyl sites for hydroxylation is 1. The molecule has 0 aromatic carbocycles. The van der Waals surface area contributed by atoms with Gasteiger partial charge in [0.15, 0.2) is 0 Å². The lowest BCUT2D eigenvalue weighted by molar-refractivity contribution is 0.564. The van der Waals surface area contributed by atoms with E-state index < -0.39 is 0 Å². The van der Waals surface area contributed by atoms with Gasteiger partial charge in [-0.25, -0.2) is 0 Å². The fourth-order valence-corrected chi connectivity index (χ4v) is 3.40. The molecule has 4 heteroatoms. The van der Waals surface area contributed by atoms with E-state index in [9.17, 15) is 0 Å². The van der Waals surface area contributed by atoms with Gasteiger partial charge in [-0.15, -0.1) is 21.5 Å². The van der Waals surface area contributed by atoms with Gasteiger partial charge in [0.25, 0.3) is 0 Å². The van der Waals surface area contributed by atoms with Gasteiger partial charge in [-0.05, 0) is 19.3 Å². The normalized spacial score (nSPS) is 14.7. The first kappa shape index (κ1) is 16.9. The van der Waals surface area contributed by atoms with Crippen LogP contribution in [0.1, 0.15) is 87.6 Å². The Balaban J connectivity index is 1.43. The molecule has 1 saturated carbocycles. The van der Waals surface area contributed by atoms with Crippen LogP contribution in [0.3, 0.4) is 0 Å². The van der Waals surface area contributed by atoms with Crippen molar-refractivity contribution in [2.24, 2.45) is 0 Å². The van der Waals surface area contributed by atoms with E-state index in [1.54, 1.807) is 11.3 Å². The molecule has 3 nitrogen and oxygen atoms in total. The first-order valence-corrected chi connectivity index (χ1v) is 9.74. The van der Waals surface area contributed by atoms with Crippen LogP contribution in [0.25, 0.3) is 0 Å². The van der Waals surface area contributed by atoms with Crippen molar-refractivity contribution >= 4 is 11.3 Å². The maximum atomic E-state index is 4.31. The molecule has 0 atom stereocenters. The quantitative estimate of drug-likeness (QED) is 0.529. The van der Waals surface area contributed by atoms with Gasteiger partial charge in [-0.2, -0.15) is 0 Å². The van der Waals surface area contributed by atoms with E-state index in [1.165, 1.54) is 75.6 Å². The summed E-state index contributed by atoms with van der Waals surface area (Å²) in [6.45, 7) is 3.20. The van der Waals surface area contributed by atoms with Gasteiger partial charge in [0.1, 0.15) is 10.0 Å². The molecule has 1 aliphatic carbocycles. The Hall–Kier alpha value is -0.480. The molecule has 2 rings (SSSR count). The number of nitrogens with zero attached hydrogens (tertiary/aromatic N) is 2. The summed E-state index contributed by atoms with van der Waals surface area (Å²) in [5.74, 6) is 0. The summed E-state index contributed by atoms with van der Waals surface area (Å²) in [5, 5.41) is 14.5. The summed E-state index contributed by atoms with van der Waals surface area (Å²) in [7, 11) is 0. The molecule has 120 valence electrons. The van der Waals surface area contributed by atoms with Gasteiger partial charge in [0.05, 0.1) is 0 Å². The van der Waals surface area contributed by atoms with Gasteiger partial charge in [-0.3, -0.25) is 0 Å². The van der Waals surface area contributed by atoms with Crippen LogP contribution in [0.2, 0.25) is 0 Å². The summed E-state index contributed by atoms with van der Waals surface area (Å²) in [4.78, 5) is 0. The lowest BCUT2D eigenvalue weighted by Gasteiger charge is -2.00. The van der Waals surface area contributed by atoms with Gasteiger partial charge < -0.3 is 5.32 Å². The van der Waals surface area contributed by atoms with Crippen LogP contribution in [-0.2, 0) is 13.0 Å². The van der Waals surface area contributed by atoms with E-state index in [1.807, 2.05) is 0 Å². The molecule has 0 saturated heterocycles. The van der Waals surface area contributed by atoms with Crippen molar-refractivity contribution in [2.75, 3.05) is 0 Å². The van der Waals surface area contributed by atoms with Crippen molar-refractivity contribution in [1.82, 2.24) is 15.5 Å². The average Bonchev–Trinajstić information content (AvgIpc) is 3.22. The molecule has 1 aromatic rings. The number of hydrogen-bond acceptors (Lipinski definition) is 4. The van der Waals surface area contributed by atoms with Crippen LogP contribution in [0.15, 0.2) is 0 Å². The van der Waals surface area contributed by atoms with Gasteiger partial charge in [0.2, 0.25) is 0 Å². The van der Waals surface area contributed by atoms with Gasteiger partial charge in [-0.1, -0.05) is 58.3 Å². The fourth-order valence-electron chi connectivity index (χ4n) is 2.57. The fraction of sp³-hybridized carbons (Fsp3) is 0.882. The highest BCUT2D eigenvalue weighted by atomic mass is 32.1. The molecule has 0 aliphatic heterocycles. The zero-order valence-electron chi connectivity index (χ0n) is 13.6. The molecule has 21 heavy (non-hydrogen) atoms. The van der Waals surface area contributed by atoms with Crippen molar-refractivity contribution in [3.8, 4) is 0 Å². The molecule has 1 aliphatic rings. The van der Waals surface area contributed by atoms with Crippen LogP contribution >= 0.6 is 11.3 Å². The molecule has 0 radical (unpaired) electrons. The molecule has 1 N–H and O–H groups in total. The van der Waals surface area contributed by atoms with E-state index >= 15 is 0 Å². The summed E-state index contributed by atoms with van der Waals surface area (Å²) in [6.07, 6.45) is 16.3. The predicted molar refractivity (Wildman–Crippen MR) is 90.7 cm³/mol. The molecular formula is C17H31N3S. The van der Waals surface area contributed by atoms with E-state index in [0.29, 0.717) is 0 Å². The third-order valence-corrected chi connectivity index (χ3v) is 5.11. The second-order valence-corrected chi connectivity index (χ2v) is 7.47. The maximum Gasteiger partial charge on any atom is 0.131 e. The largest absolute Gasteiger partial charge is 0.308 e. The monoisotopic (exact) mass is 309 g/mol. The highest BCUT2D eigenvalue weighted by molar-refractivity contribution is 7.11. The Morgan fingerprint density at radius 2 is 1.52 bits per heavy atom. The Morgan fingerprint density at radius 1 is 0.905 bits per heavy atom. The second kappa shape index (κ2) is 10.3. The molecular weight excluding hydrogens is 278 g/mol. The van der Waals surface area contributed by atoms with Gasteiger partial charge in [0, 0.05) is 19.0 Å². The van der Waals surface area contributed by atoms with E-state index in [2.05, 4.69) is 22.4 Å². The highest BCUT2D eigenvalue weighted by Crippen LogP contribution is 2.20. The van der Waals surface area contributed by atoms with Crippen LogP contribution in [0, 0.1) is 0 Å². The first-order valence-electron chi connectivity index (χ1n) is 8.93. The minimum absolute atomic E-state index is 0.759. The Morgan fingerprint density at radius 3 is 2.19 bits per heavy atom. The molecule has 1 aromatic heterocycles. The lowest BCUT2D eigenvalue weighted by atomic mass is 10.1. The topological polar surface area (TPSA) is 37.8 Å². The Bertz CT molecular complexity index is 374. The standard InChI is InChI=1S/C17H31N3S/c1-2-3-4-5-6-7-8-9-10-11-16-19-20-17(21-16)14-18-15-12-13-15/h15,18H,2-14H2,1H3. The van der Waals surface area contributed by atoms with Crippen molar-refractivity contribution in [1.29, 1.82) is 0 Å². The summed E-state index contributed by atoms with van der Waals surface area (Å²) >= 11 is 1.80. The number of rotatable bonds is 13. The average molecular weight is 310 g/mol. The van der Waals surface area contributed by atoms with Crippen molar-refractivity contribution < 1.29 is 0 Å². The Labute approximate surface area is 133 Å². The number of aromatic nitrogens is 2. The van der Waals surface area contributed by atoms with Gasteiger partial charge >= 0.3 is 0 Å². The van der Waals surface area contributed by atoms with Crippen molar-refractivity contribution in [2.45, 2.75) is 96.6 Å². The number of hydrogen-bond donors (Lipinski definition) is 1. The second-order valence-electron chi connectivity index (χ2n) is 6.32. The summed E-state index contributed by atoms with van der Waals surface area (Å²) < 4.78 is 0. The summed E-state index contributed by atoms with van der Waals surface area (Å²) in [5.41, 5.74) is 0. The van der Waals surface area contributed by atoms with Crippen LogP contribution in [-0.4, -0.2) is 16.2 Å². The van der Waals surface area contributed by atoms with E-state index in [-0.39, 0.29) is 0 Å². The maximum absolute atomic E-state index is 4.31. The number of nitrogens with one attached hydrogen (secondary N) is 1. The molecule has 0 amide bonds. The Kier molecular flexibility index (Phi) is 8.26. The summed E-state index contributed by atoms with van der Waals surface area (Å²) in [6, 6.07) is 0.759. The first-order chi connectivity index (χ1) is 10.4. The number of unbranched alkanes of at least 4 members (excludes halogenated alkanes) is 8. The van der Waals surface area contributed by atoms with Crippen LogP contribution in [0.4, 0.5) is 0 Å². The molecule has 0 unspecified atom stereocenters. The third-order valence-electron chi connectivity index (χ3n) is 4.12. The van der Waals surface area contributed by atoms with E-state index in [0.717, 1.165) is 24.0 Å². The minimum atomic E-state index is 0.759. The third kappa shape index (κ3) is 7.91. The van der Waals surface area contributed by atoms with E-state index in [4.69, 9.17) is 0 Å². The van der Waals surface area contributed by atoms with Crippen LogP contribution < -0.4 is 5.32 Å². The lowest BCUT2D eigenvalue weighted by Crippen LogP contribution is -2.14. The van der Waals surface area contributed by atoms with Crippen molar-refractivity contribution in [3.63, 3.8) is 0 Å². The molecule has 1 heterocycles. The molecule has 1 fully saturated rings. The van der Waals surface area contributed by atoms with Crippen molar-refractivity contribution in [3.05, 3.63) is 10.0 Å². The smallest absolute Gasteiger partial charge is 0.131 e.